The van der Waals surface area contributed by atoms with Gasteiger partial charge in [-0.1, -0.05) is 0 Å². The number of nitrogens with one attached hydrogen (secondary N) is 1. The van der Waals surface area contributed by atoms with E-state index >= 15 is 0 Å². The van der Waals surface area contributed by atoms with Crippen molar-refractivity contribution in [1.82, 2.24) is 15.1 Å². The SMILES string of the molecule is CCOC(=O)c1cnn(CCCC(=O)NC)c1. The Morgan fingerprint density at radius 3 is 2.94 bits per heavy atom. The molecule has 0 aromatic carbocycles. The lowest BCUT2D eigenvalue weighted by molar-refractivity contribution is -0.120. The molecule has 0 aliphatic heterocycles. The second-order valence-corrected chi connectivity index (χ2v) is 3.49. The van der Waals surface area contributed by atoms with Crippen molar-refractivity contribution in [3.8, 4) is 0 Å². The van der Waals surface area contributed by atoms with Crippen molar-refractivity contribution in [2.24, 2.45) is 0 Å². The van der Waals surface area contributed by atoms with E-state index in [0.29, 0.717) is 31.6 Å². The third-order valence-corrected chi connectivity index (χ3v) is 2.21. The molecule has 0 saturated heterocycles. The first-order valence-electron chi connectivity index (χ1n) is 5.57. The maximum Gasteiger partial charge on any atom is 0.341 e. The Bertz CT molecular complexity index is 387. The molecule has 1 rings (SSSR count). The molecule has 1 aromatic rings. The second-order valence-electron chi connectivity index (χ2n) is 3.49. The molecule has 0 spiro atoms. The summed E-state index contributed by atoms with van der Waals surface area (Å²) >= 11 is 0. The Hall–Kier alpha value is -1.85. The van der Waals surface area contributed by atoms with Crippen LogP contribution in [0.3, 0.4) is 0 Å². The fourth-order valence-corrected chi connectivity index (χ4v) is 1.33. The lowest BCUT2D eigenvalue weighted by Crippen LogP contribution is -2.17. The zero-order valence-corrected chi connectivity index (χ0v) is 10.1. The van der Waals surface area contributed by atoms with Gasteiger partial charge in [-0.2, -0.15) is 5.10 Å². The highest BCUT2D eigenvalue weighted by Gasteiger charge is 2.09. The number of ether oxygens (including phenoxy) is 1. The molecule has 0 fully saturated rings. The zero-order chi connectivity index (χ0) is 12.7. The van der Waals surface area contributed by atoms with Crippen LogP contribution < -0.4 is 5.32 Å². The van der Waals surface area contributed by atoms with E-state index in [4.69, 9.17) is 4.74 Å². The van der Waals surface area contributed by atoms with Gasteiger partial charge in [0.25, 0.3) is 0 Å². The Morgan fingerprint density at radius 2 is 2.29 bits per heavy atom. The standard InChI is InChI=1S/C11H17N3O3/c1-3-17-11(16)9-7-13-14(8-9)6-4-5-10(15)12-2/h7-8H,3-6H2,1-2H3,(H,12,15). The summed E-state index contributed by atoms with van der Waals surface area (Å²) in [6, 6.07) is 0. The number of aromatic nitrogens is 2. The number of hydrogen-bond donors (Lipinski definition) is 1. The second kappa shape index (κ2) is 6.67. The van der Waals surface area contributed by atoms with Crippen molar-refractivity contribution in [2.75, 3.05) is 13.7 Å². The van der Waals surface area contributed by atoms with Crippen molar-refractivity contribution in [1.29, 1.82) is 0 Å². The Balaban J connectivity index is 2.40. The molecular weight excluding hydrogens is 222 g/mol. The molecule has 0 atom stereocenters. The van der Waals surface area contributed by atoms with Gasteiger partial charge in [-0.25, -0.2) is 4.79 Å². The lowest BCUT2D eigenvalue weighted by atomic mass is 10.3. The summed E-state index contributed by atoms with van der Waals surface area (Å²) in [5, 5.41) is 6.58. The van der Waals surface area contributed by atoms with Gasteiger partial charge >= 0.3 is 5.97 Å². The van der Waals surface area contributed by atoms with Crippen LogP contribution in [-0.4, -0.2) is 35.3 Å². The van der Waals surface area contributed by atoms with Crippen molar-refractivity contribution in [2.45, 2.75) is 26.3 Å². The number of nitrogens with zero attached hydrogens (tertiary/aromatic N) is 2. The molecule has 0 aliphatic carbocycles. The van der Waals surface area contributed by atoms with Crippen LogP contribution in [0.5, 0.6) is 0 Å². The monoisotopic (exact) mass is 239 g/mol. The number of carbonyl (C=O) groups is 2. The smallest absolute Gasteiger partial charge is 0.341 e. The fourth-order valence-electron chi connectivity index (χ4n) is 1.33. The summed E-state index contributed by atoms with van der Waals surface area (Å²) in [4.78, 5) is 22.3. The van der Waals surface area contributed by atoms with Crippen molar-refractivity contribution < 1.29 is 14.3 Å². The first kappa shape index (κ1) is 13.2. The number of aryl methyl sites for hydroxylation is 1. The van der Waals surface area contributed by atoms with Gasteiger partial charge in [0.15, 0.2) is 0 Å². The summed E-state index contributed by atoms with van der Waals surface area (Å²) in [5.74, 6) is -0.368. The summed E-state index contributed by atoms with van der Waals surface area (Å²) in [5.41, 5.74) is 0.437. The van der Waals surface area contributed by atoms with Crippen LogP contribution >= 0.6 is 0 Å². The van der Waals surface area contributed by atoms with E-state index < -0.39 is 0 Å². The molecule has 1 amide bonds. The van der Waals surface area contributed by atoms with Gasteiger partial charge in [-0.15, -0.1) is 0 Å². The third-order valence-electron chi connectivity index (χ3n) is 2.21. The predicted molar refractivity (Wildman–Crippen MR) is 61.5 cm³/mol. The molecule has 94 valence electrons. The van der Waals surface area contributed by atoms with Gasteiger partial charge in [0.2, 0.25) is 5.91 Å². The quantitative estimate of drug-likeness (QED) is 0.737. The van der Waals surface area contributed by atoms with Gasteiger partial charge < -0.3 is 10.1 Å². The topological polar surface area (TPSA) is 73.2 Å². The lowest BCUT2D eigenvalue weighted by Gasteiger charge is -2.00. The summed E-state index contributed by atoms with van der Waals surface area (Å²) < 4.78 is 6.48. The van der Waals surface area contributed by atoms with Crippen molar-refractivity contribution in [3.63, 3.8) is 0 Å². The first-order valence-corrected chi connectivity index (χ1v) is 5.57. The molecule has 6 nitrogen and oxygen atoms in total. The minimum atomic E-state index is -0.370. The van der Waals surface area contributed by atoms with Crippen LogP contribution in [0.15, 0.2) is 12.4 Å². The molecule has 17 heavy (non-hydrogen) atoms. The van der Waals surface area contributed by atoms with E-state index in [-0.39, 0.29) is 11.9 Å². The summed E-state index contributed by atoms with van der Waals surface area (Å²) in [6.07, 6.45) is 4.23. The summed E-state index contributed by atoms with van der Waals surface area (Å²) in [7, 11) is 1.61. The average Bonchev–Trinajstić information content (AvgIpc) is 2.78. The van der Waals surface area contributed by atoms with Gasteiger partial charge in [-0.3, -0.25) is 9.48 Å². The number of amides is 1. The van der Waals surface area contributed by atoms with Crippen molar-refractivity contribution in [3.05, 3.63) is 18.0 Å². The maximum absolute atomic E-state index is 11.3. The van der Waals surface area contributed by atoms with Crippen LogP contribution in [0.4, 0.5) is 0 Å². The minimum absolute atomic E-state index is 0.00257. The van der Waals surface area contributed by atoms with Gasteiger partial charge in [0.1, 0.15) is 0 Å². The molecule has 0 aliphatic rings. The van der Waals surface area contributed by atoms with E-state index in [2.05, 4.69) is 10.4 Å². The zero-order valence-electron chi connectivity index (χ0n) is 10.1. The van der Waals surface area contributed by atoms with Gasteiger partial charge in [0, 0.05) is 26.2 Å². The predicted octanol–water partition coefficient (Wildman–Crippen LogP) is 0.586. The van der Waals surface area contributed by atoms with Crippen LogP contribution in [0.1, 0.15) is 30.1 Å². The Labute approximate surface area is 99.9 Å². The highest BCUT2D eigenvalue weighted by molar-refractivity contribution is 5.88. The molecule has 0 saturated carbocycles. The number of hydrogen-bond acceptors (Lipinski definition) is 4. The molecule has 0 unspecified atom stereocenters. The number of esters is 1. The Morgan fingerprint density at radius 1 is 1.53 bits per heavy atom. The first-order chi connectivity index (χ1) is 8.17. The molecule has 1 aromatic heterocycles. The van der Waals surface area contributed by atoms with E-state index in [1.54, 1.807) is 24.9 Å². The van der Waals surface area contributed by atoms with Gasteiger partial charge in [0.05, 0.1) is 18.4 Å². The highest BCUT2D eigenvalue weighted by Crippen LogP contribution is 2.02. The average molecular weight is 239 g/mol. The van der Waals surface area contributed by atoms with E-state index in [0.717, 1.165) is 0 Å². The third kappa shape index (κ3) is 4.26. The van der Waals surface area contributed by atoms with Crippen LogP contribution in [0, 0.1) is 0 Å². The molecular formula is C11H17N3O3. The minimum Gasteiger partial charge on any atom is -0.462 e. The molecule has 1 heterocycles. The largest absolute Gasteiger partial charge is 0.462 e. The van der Waals surface area contributed by atoms with E-state index in [9.17, 15) is 9.59 Å². The highest BCUT2D eigenvalue weighted by atomic mass is 16.5. The Kier molecular flexibility index (Phi) is 5.19. The fraction of sp³-hybridized carbons (Fsp3) is 0.545. The molecule has 1 N–H and O–H groups in total. The van der Waals surface area contributed by atoms with Crippen LogP contribution in [0.25, 0.3) is 0 Å². The normalized spacial score (nSPS) is 10.0. The number of rotatable bonds is 6. The van der Waals surface area contributed by atoms with E-state index in [1.165, 1.54) is 6.20 Å². The molecule has 6 heteroatoms. The molecule has 0 bridgehead atoms. The van der Waals surface area contributed by atoms with Gasteiger partial charge in [-0.05, 0) is 13.3 Å². The van der Waals surface area contributed by atoms with Crippen LogP contribution in [0.2, 0.25) is 0 Å². The molecule has 0 radical (unpaired) electrons. The summed E-state index contributed by atoms with van der Waals surface area (Å²) in [6.45, 7) is 2.71. The van der Waals surface area contributed by atoms with E-state index in [1.807, 2.05) is 0 Å². The van der Waals surface area contributed by atoms with Crippen molar-refractivity contribution >= 4 is 11.9 Å². The maximum atomic E-state index is 11.3. The van der Waals surface area contributed by atoms with Crippen LogP contribution in [-0.2, 0) is 16.1 Å². The number of carbonyl (C=O) groups excluding carboxylic acids is 2.